The molecule has 3 aliphatic heterocycles. The van der Waals surface area contributed by atoms with Gasteiger partial charge in [0.25, 0.3) is 5.56 Å². The number of hydrogen-bond donors (Lipinski definition) is 1. The fraction of sp³-hybridized carbons (Fsp3) is 0.700. The molecule has 0 spiro atoms. The zero-order valence-electron chi connectivity index (χ0n) is 16.0. The van der Waals surface area contributed by atoms with Gasteiger partial charge in [-0.15, -0.1) is 0 Å². The number of anilines is 1. The molecule has 2 unspecified atom stereocenters. The van der Waals surface area contributed by atoms with Gasteiger partial charge in [-0.25, -0.2) is 0 Å². The molecule has 27 heavy (non-hydrogen) atoms. The van der Waals surface area contributed by atoms with Crippen molar-refractivity contribution in [3.05, 3.63) is 28.2 Å². The molecule has 4 rings (SSSR count). The molecule has 7 nitrogen and oxygen atoms in total. The van der Waals surface area contributed by atoms with Gasteiger partial charge in [0.1, 0.15) is 5.69 Å². The number of rotatable bonds is 5. The second-order valence-electron chi connectivity index (χ2n) is 7.97. The maximum Gasteiger partial charge on any atom is 0.274 e. The Morgan fingerprint density at radius 1 is 1.26 bits per heavy atom. The van der Waals surface area contributed by atoms with Crippen molar-refractivity contribution in [1.29, 1.82) is 0 Å². The zero-order valence-corrected chi connectivity index (χ0v) is 16.0. The second-order valence-corrected chi connectivity index (χ2v) is 7.97. The van der Waals surface area contributed by atoms with Crippen molar-refractivity contribution >= 4 is 11.6 Å². The van der Waals surface area contributed by atoms with E-state index < -0.39 is 0 Å². The number of methoxy groups -OCH3 is 1. The third-order valence-electron chi connectivity index (χ3n) is 6.15. The van der Waals surface area contributed by atoms with E-state index in [1.165, 1.54) is 0 Å². The molecule has 1 amide bonds. The number of likely N-dealkylation sites (tertiary alicyclic amines) is 1. The summed E-state index contributed by atoms with van der Waals surface area (Å²) in [4.78, 5) is 27.5. The number of carbonyl (C=O) groups excluding carboxylic acids is 1. The van der Waals surface area contributed by atoms with Crippen LogP contribution in [0.1, 0.15) is 37.3 Å². The highest BCUT2D eigenvalue weighted by atomic mass is 16.5. The number of aromatic nitrogens is 1. The van der Waals surface area contributed by atoms with Gasteiger partial charge in [-0.1, -0.05) is 0 Å². The molecule has 1 aromatic heterocycles. The number of nitrogens with one attached hydrogen (secondary N) is 1. The van der Waals surface area contributed by atoms with Gasteiger partial charge in [-0.3, -0.25) is 14.5 Å². The Bertz CT molecular complexity index is 741. The van der Waals surface area contributed by atoms with Crippen LogP contribution in [0.25, 0.3) is 0 Å². The van der Waals surface area contributed by atoms with Gasteiger partial charge in [0.2, 0.25) is 5.91 Å². The fourth-order valence-corrected chi connectivity index (χ4v) is 4.83. The molecule has 0 saturated carbocycles. The largest absolute Gasteiger partial charge is 0.384 e. The van der Waals surface area contributed by atoms with Crippen LogP contribution in [0.3, 0.4) is 0 Å². The van der Waals surface area contributed by atoms with Gasteiger partial charge >= 0.3 is 0 Å². The number of carbonyl (C=O) groups is 1. The topological polar surface area (TPSA) is 72.8 Å². The lowest BCUT2D eigenvalue weighted by atomic mass is 9.82. The maximum absolute atomic E-state index is 12.9. The zero-order chi connectivity index (χ0) is 18.8. The molecule has 2 atom stereocenters. The van der Waals surface area contributed by atoms with Gasteiger partial charge < -0.3 is 19.4 Å². The molecular formula is C20H29N3O4. The van der Waals surface area contributed by atoms with E-state index in [1.807, 2.05) is 10.6 Å². The lowest BCUT2D eigenvalue weighted by Crippen LogP contribution is -2.51. The van der Waals surface area contributed by atoms with Crippen LogP contribution in [0.4, 0.5) is 5.69 Å². The third-order valence-corrected chi connectivity index (χ3v) is 6.15. The van der Waals surface area contributed by atoms with Crippen LogP contribution in [-0.4, -0.2) is 61.4 Å². The smallest absolute Gasteiger partial charge is 0.274 e. The molecule has 0 radical (unpaired) electrons. The van der Waals surface area contributed by atoms with E-state index in [9.17, 15) is 9.59 Å². The minimum absolute atomic E-state index is 0.0764. The van der Waals surface area contributed by atoms with Crippen molar-refractivity contribution in [3.63, 3.8) is 0 Å². The summed E-state index contributed by atoms with van der Waals surface area (Å²) in [7, 11) is 1.56. The number of pyridine rings is 1. The first-order valence-corrected chi connectivity index (χ1v) is 10.00. The highest BCUT2D eigenvalue weighted by Crippen LogP contribution is 2.37. The van der Waals surface area contributed by atoms with Gasteiger partial charge in [0.15, 0.2) is 0 Å². The van der Waals surface area contributed by atoms with Crippen molar-refractivity contribution in [2.75, 3.05) is 45.3 Å². The number of ether oxygens (including phenoxy) is 2. The summed E-state index contributed by atoms with van der Waals surface area (Å²) in [5.74, 6) is 0.707. The fourth-order valence-electron chi connectivity index (χ4n) is 4.83. The molecule has 1 aromatic rings. The molecular weight excluding hydrogens is 346 g/mol. The van der Waals surface area contributed by atoms with Crippen LogP contribution in [0, 0.1) is 5.92 Å². The van der Waals surface area contributed by atoms with Gasteiger partial charge in [-0.05, 0) is 37.3 Å². The van der Waals surface area contributed by atoms with Gasteiger partial charge in [0, 0.05) is 57.6 Å². The van der Waals surface area contributed by atoms with E-state index in [-0.39, 0.29) is 17.9 Å². The summed E-state index contributed by atoms with van der Waals surface area (Å²) in [6, 6.07) is 4.41. The maximum atomic E-state index is 12.9. The van der Waals surface area contributed by atoms with Crippen molar-refractivity contribution < 1.29 is 14.3 Å². The third kappa shape index (κ3) is 3.95. The minimum Gasteiger partial charge on any atom is -0.384 e. The van der Waals surface area contributed by atoms with Crippen LogP contribution in [0.15, 0.2) is 16.9 Å². The van der Waals surface area contributed by atoms with Crippen molar-refractivity contribution in [1.82, 2.24) is 9.47 Å². The first-order chi connectivity index (χ1) is 13.2. The summed E-state index contributed by atoms with van der Waals surface area (Å²) < 4.78 is 12.3. The first-order valence-electron chi connectivity index (χ1n) is 10.00. The normalized spacial score (nSPS) is 25.8. The Morgan fingerprint density at radius 3 is 2.85 bits per heavy atom. The van der Waals surface area contributed by atoms with Crippen LogP contribution in [-0.2, 0) is 20.8 Å². The lowest BCUT2D eigenvalue weighted by Gasteiger charge is -2.46. The SMILES string of the molecule is COCCC(=O)Nc1ccc2n(c1=O)CC1CC2CN(C2CCOCC2)C1. The van der Waals surface area contributed by atoms with E-state index in [0.717, 1.165) is 57.8 Å². The molecule has 0 aromatic carbocycles. The second kappa shape index (κ2) is 8.12. The van der Waals surface area contributed by atoms with Crippen molar-refractivity contribution in [3.8, 4) is 0 Å². The van der Waals surface area contributed by atoms with Gasteiger partial charge in [-0.2, -0.15) is 0 Å². The summed E-state index contributed by atoms with van der Waals surface area (Å²) in [6.45, 7) is 4.88. The molecule has 148 valence electrons. The van der Waals surface area contributed by atoms with Crippen molar-refractivity contribution in [2.45, 2.75) is 44.2 Å². The average molecular weight is 375 g/mol. The number of nitrogens with zero attached hydrogens (tertiary/aromatic N) is 2. The Kier molecular flexibility index (Phi) is 5.61. The number of piperidine rings is 1. The van der Waals surface area contributed by atoms with Gasteiger partial charge in [0.05, 0.1) is 13.0 Å². The lowest BCUT2D eigenvalue weighted by molar-refractivity contribution is -0.117. The summed E-state index contributed by atoms with van der Waals surface area (Å²) in [6.07, 6.45) is 3.62. The number of hydrogen-bond acceptors (Lipinski definition) is 5. The Balaban J connectivity index is 1.51. The molecule has 3 aliphatic rings. The Labute approximate surface area is 159 Å². The Morgan fingerprint density at radius 2 is 2.07 bits per heavy atom. The molecule has 4 heterocycles. The highest BCUT2D eigenvalue weighted by Gasteiger charge is 2.37. The van der Waals surface area contributed by atoms with Crippen molar-refractivity contribution in [2.24, 2.45) is 5.92 Å². The van der Waals surface area contributed by atoms with Crippen LogP contribution < -0.4 is 10.9 Å². The molecule has 1 N–H and O–H groups in total. The minimum atomic E-state index is -0.184. The standard InChI is InChI=1S/C20H29N3O4/c1-26-7-6-19(24)21-17-2-3-18-15-10-14(12-23(18)20(17)25)11-22(13-15)16-4-8-27-9-5-16/h2-3,14-16H,4-13H2,1H3,(H,21,24). The van der Waals surface area contributed by atoms with Crippen LogP contribution in [0.5, 0.6) is 0 Å². The van der Waals surface area contributed by atoms with E-state index in [4.69, 9.17) is 9.47 Å². The monoisotopic (exact) mass is 375 g/mol. The molecule has 0 aliphatic carbocycles. The number of amides is 1. The highest BCUT2D eigenvalue weighted by molar-refractivity contribution is 5.90. The summed E-state index contributed by atoms with van der Waals surface area (Å²) in [5.41, 5.74) is 1.41. The average Bonchev–Trinajstić information content (AvgIpc) is 2.69. The molecule has 2 bridgehead atoms. The van der Waals surface area contributed by atoms with E-state index in [1.54, 1.807) is 13.2 Å². The van der Waals surface area contributed by atoms with E-state index in [2.05, 4.69) is 10.2 Å². The quantitative estimate of drug-likeness (QED) is 0.843. The van der Waals surface area contributed by atoms with Crippen LogP contribution >= 0.6 is 0 Å². The summed E-state index contributed by atoms with van der Waals surface area (Å²) in [5, 5.41) is 2.74. The van der Waals surface area contributed by atoms with E-state index in [0.29, 0.717) is 30.2 Å². The predicted octanol–water partition coefficient (Wildman–Crippen LogP) is 1.42. The molecule has 2 saturated heterocycles. The molecule has 2 fully saturated rings. The van der Waals surface area contributed by atoms with Crippen LogP contribution in [0.2, 0.25) is 0 Å². The molecule has 7 heteroatoms. The summed E-state index contributed by atoms with van der Waals surface area (Å²) >= 11 is 0. The predicted molar refractivity (Wildman–Crippen MR) is 102 cm³/mol. The first kappa shape index (κ1) is 18.7. The number of fused-ring (bicyclic) bond motifs is 4. The van der Waals surface area contributed by atoms with E-state index >= 15 is 0 Å². The Hall–Kier alpha value is -1.70.